The van der Waals surface area contributed by atoms with E-state index in [1.165, 1.54) is 5.56 Å². The smallest absolute Gasteiger partial charge is 0.231 e. The third kappa shape index (κ3) is 6.08. The third-order valence-corrected chi connectivity index (χ3v) is 4.82. The maximum Gasteiger partial charge on any atom is 0.231 e. The minimum absolute atomic E-state index is 0.245. The molecule has 1 saturated heterocycles. The lowest BCUT2D eigenvalue weighted by Crippen LogP contribution is -2.48. The van der Waals surface area contributed by atoms with E-state index in [9.17, 15) is 4.79 Å². The van der Waals surface area contributed by atoms with Crippen molar-refractivity contribution in [2.24, 2.45) is 5.73 Å². The van der Waals surface area contributed by atoms with Gasteiger partial charge in [0.05, 0.1) is 0 Å². The SMILES string of the molecule is NC(O)O.O=C(CCc1ccccc1)N1CCN(c2ccc3c(c2)OCO3)CC1. The van der Waals surface area contributed by atoms with Gasteiger partial charge >= 0.3 is 0 Å². The van der Waals surface area contributed by atoms with Crippen LogP contribution < -0.4 is 20.1 Å². The summed E-state index contributed by atoms with van der Waals surface area (Å²) in [6, 6.07) is 16.2. The second kappa shape index (κ2) is 10.1. The Kier molecular flexibility index (Phi) is 7.29. The second-order valence-corrected chi connectivity index (χ2v) is 6.80. The standard InChI is InChI=1S/C20H22N2O3.CH5NO2/c23-20(9-6-16-4-2-1-3-5-16)22-12-10-21(11-13-22)17-7-8-18-19(14-17)25-15-24-18;2-1(3)4/h1-5,7-8,14H,6,9-13,15H2;1,3-4H,2H2. The lowest BCUT2D eigenvalue weighted by Gasteiger charge is -2.36. The van der Waals surface area contributed by atoms with Gasteiger partial charge in [0.2, 0.25) is 19.1 Å². The van der Waals surface area contributed by atoms with E-state index in [4.69, 9.17) is 19.7 Å². The van der Waals surface area contributed by atoms with Gasteiger partial charge in [-0.3, -0.25) is 10.5 Å². The van der Waals surface area contributed by atoms with E-state index in [1.807, 2.05) is 35.2 Å². The Morgan fingerprint density at radius 3 is 2.34 bits per heavy atom. The van der Waals surface area contributed by atoms with Gasteiger partial charge in [0, 0.05) is 44.4 Å². The zero-order valence-electron chi connectivity index (χ0n) is 16.2. The lowest BCUT2D eigenvalue weighted by molar-refractivity contribution is -0.131. The number of piperazine rings is 1. The van der Waals surface area contributed by atoms with E-state index in [1.54, 1.807) is 0 Å². The fourth-order valence-electron chi connectivity index (χ4n) is 3.35. The monoisotopic (exact) mass is 401 g/mol. The number of anilines is 1. The molecular weight excluding hydrogens is 374 g/mol. The molecule has 0 spiro atoms. The molecule has 0 bridgehead atoms. The van der Waals surface area contributed by atoms with Crippen LogP contribution in [0.3, 0.4) is 0 Å². The lowest BCUT2D eigenvalue weighted by atomic mass is 10.1. The molecule has 2 aliphatic rings. The minimum atomic E-state index is -1.67. The normalized spacial score (nSPS) is 15.2. The van der Waals surface area contributed by atoms with E-state index in [0.29, 0.717) is 13.2 Å². The number of carbonyl (C=O) groups is 1. The van der Waals surface area contributed by atoms with Crippen LogP contribution in [0.4, 0.5) is 5.69 Å². The van der Waals surface area contributed by atoms with Crippen LogP contribution in [-0.4, -0.2) is 60.4 Å². The van der Waals surface area contributed by atoms with Crippen LogP contribution in [0, 0.1) is 0 Å². The summed E-state index contributed by atoms with van der Waals surface area (Å²) in [5.74, 6) is 1.85. The number of benzene rings is 2. The Bertz CT molecular complexity index is 789. The van der Waals surface area contributed by atoms with Gasteiger partial charge in [-0.2, -0.15) is 0 Å². The number of aliphatic hydroxyl groups excluding tert-OH is 1. The molecular formula is C21H27N3O5. The number of carbonyl (C=O) groups excluding carboxylic acids is 1. The molecule has 0 aliphatic carbocycles. The van der Waals surface area contributed by atoms with Crippen molar-refractivity contribution in [3.8, 4) is 11.5 Å². The van der Waals surface area contributed by atoms with Crippen LogP contribution >= 0.6 is 0 Å². The highest BCUT2D eigenvalue weighted by atomic mass is 16.7. The first kappa shape index (κ1) is 20.9. The van der Waals surface area contributed by atoms with Gasteiger partial charge in [0.15, 0.2) is 11.5 Å². The molecule has 1 fully saturated rings. The Hall–Kier alpha value is -2.81. The van der Waals surface area contributed by atoms with Gasteiger partial charge in [-0.05, 0) is 24.1 Å². The summed E-state index contributed by atoms with van der Waals surface area (Å²) in [6.45, 7) is 3.51. The number of hydrogen-bond acceptors (Lipinski definition) is 7. The van der Waals surface area contributed by atoms with E-state index < -0.39 is 6.41 Å². The predicted molar refractivity (Wildman–Crippen MR) is 109 cm³/mol. The Balaban J connectivity index is 0.000000552. The van der Waals surface area contributed by atoms with E-state index >= 15 is 0 Å². The van der Waals surface area contributed by atoms with Gasteiger partial charge in [-0.1, -0.05) is 30.3 Å². The average Bonchev–Trinajstić information content (AvgIpc) is 3.20. The molecule has 8 heteroatoms. The summed E-state index contributed by atoms with van der Waals surface area (Å²) in [6.07, 6.45) is -0.282. The highest BCUT2D eigenvalue weighted by molar-refractivity contribution is 5.76. The number of fused-ring (bicyclic) bond motifs is 1. The molecule has 4 rings (SSSR count). The first-order chi connectivity index (χ1) is 14.0. The summed E-state index contributed by atoms with van der Waals surface area (Å²) in [7, 11) is 0. The second-order valence-electron chi connectivity index (χ2n) is 6.80. The number of ether oxygens (including phenoxy) is 2. The average molecular weight is 401 g/mol. The van der Waals surface area contributed by atoms with Crippen LogP contribution in [0.15, 0.2) is 48.5 Å². The molecule has 2 heterocycles. The quantitative estimate of drug-likeness (QED) is 0.654. The molecule has 0 atom stereocenters. The first-order valence-corrected chi connectivity index (χ1v) is 9.61. The summed E-state index contributed by atoms with van der Waals surface area (Å²) in [4.78, 5) is 16.7. The highest BCUT2D eigenvalue weighted by Crippen LogP contribution is 2.35. The molecule has 2 aliphatic heterocycles. The van der Waals surface area contributed by atoms with E-state index in [-0.39, 0.29) is 5.91 Å². The van der Waals surface area contributed by atoms with Crippen molar-refractivity contribution in [1.82, 2.24) is 4.90 Å². The molecule has 0 aromatic heterocycles. The number of hydrogen-bond donors (Lipinski definition) is 3. The number of rotatable bonds is 4. The molecule has 1 amide bonds. The van der Waals surface area contributed by atoms with Crippen molar-refractivity contribution in [2.75, 3.05) is 37.9 Å². The molecule has 8 nitrogen and oxygen atoms in total. The van der Waals surface area contributed by atoms with Crippen LogP contribution in [0.5, 0.6) is 11.5 Å². The van der Waals surface area contributed by atoms with Gasteiger partial charge in [-0.15, -0.1) is 0 Å². The van der Waals surface area contributed by atoms with Crippen molar-refractivity contribution < 1.29 is 24.5 Å². The van der Waals surface area contributed by atoms with Crippen LogP contribution in [0.1, 0.15) is 12.0 Å². The number of aliphatic hydroxyl groups is 2. The van der Waals surface area contributed by atoms with Crippen LogP contribution in [0.2, 0.25) is 0 Å². The largest absolute Gasteiger partial charge is 0.454 e. The maximum absolute atomic E-state index is 12.4. The van der Waals surface area contributed by atoms with E-state index in [0.717, 1.165) is 49.8 Å². The van der Waals surface area contributed by atoms with Crippen molar-refractivity contribution in [3.05, 3.63) is 54.1 Å². The van der Waals surface area contributed by atoms with Crippen molar-refractivity contribution in [1.29, 1.82) is 0 Å². The number of amides is 1. The summed E-state index contributed by atoms with van der Waals surface area (Å²) in [5, 5.41) is 14.8. The number of nitrogens with zero attached hydrogens (tertiary/aromatic N) is 2. The van der Waals surface area contributed by atoms with Crippen molar-refractivity contribution in [2.45, 2.75) is 19.3 Å². The Morgan fingerprint density at radius 2 is 1.66 bits per heavy atom. The number of nitrogens with two attached hydrogens (primary N) is 1. The van der Waals surface area contributed by atoms with Gasteiger partial charge in [0.1, 0.15) is 0 Å². The maximum atomic E-state index is 12.4. The van der Waals surface area contributed by atoms with E-state index in [2.05, 4.69) is 28.8 Å². The minimum Gasteiger partial charge on any atom is -0.454 e. The topological polar surface area (TPSA) is 108 Å². The predicted octanol–water partition coefficient (Wildman–Crippen LogP) is 0.910. The molecule has 29 heavy (non-hydrogen) atoms. The Morgan fingerprint density at radius 1 is 1.00 bits per heavy atom. The summed E-state index contributed by atoms with van der Waals surface area (Å²) < 4.78 is 10.8. The molecule has 2 aromatic rings. The summed E-state index contributed by atoms with van der Waals surface area (Å²) in [5.41, 5.74) is 6.57. The van der Waals surface area contributed by atoms with Crippen LogP contribution in [-0.2, 0) is 11.2 Å². The van der Waals surface area contributed by atoms with Gasteiger partial charge in [-0.25, -0.2) is 0 Å². The molecule has 0 unspecified atom stereocenters. The third-order valence-electron chi connectivity index (χ3n) is 4.82. The molecule has 0 radical (unpaired) electrons. The van der Waals surface area contributed by atoms with Crippen molar-refractivity contribution in [3.63, 3.8) is 0 Å². The molecule has 0 saturated carbocycles. The van der Waals surface area contributed by atoms with Gasteiger partial charge in [0.25, 0.3) is 0 Å². The zero-order chi connectivity index (χ0) is 20.6. The number of aryl methyl sites for hydroxylation is 1. The van der Waals surface area contributed by atoms with Gasteiger partial charge < -0.3 is 29.5 Å². The zero-order valence-corrected chi connectivity index (χ0v) is 16.2. The van der Waals surface area contributed by atoms with Crippen molar-refractivity contribution >= 4 is 11.6 Å². The Labute approximate surface area is 170 Å². The molecule has 156 valence electrons. The van der Waals surface area contributed by atoms with Crippen LogP contribution in [0.25, 0.3) is 0 Å². The molecule has 4 N–H and O–H groups in total. The fraction of sp³-hybridized carbons (Fsp3) is 0.381. The highest BCUT2D eigenvalue weighted by Gasteiger charge is 2.22. The molecule has 2 aromatic carbocycles. The first-order valence-electron chi connectivity index (χ1n) is 9.61. The fourth-order valence-corrected chi connectivity index (χ4v) is 3.35. The summed E-state index contributed by atoms with van der Waals surface area (Å²) >= 11 is 0.